The van der Waals surface area contributed by atoms with Crippen LogP contribution in [0.2, 0.25) is 5.02 Å². The number of fused-ring (bicyclic) bond motifs is 1. The van der Waals surface area contributed by atoms with Gasteiger partial charge in [0, 0.05) is 42.4 Å². The van der Waals surface area contributed by atoms with Crippen molar-refractivity contribution in [3.63, 3.8) is 0 Å². The van der Waals surface area contributed by atoms with E-state index in [1.165, 1.54) is 23.1 Å². The zero-order valence-corrected chi connectivity index (χ0v) is 21.5. The Morgan fingerprint density at radius 2 is 1.73 bits per heavy atom. The maximum Gasteiger partial charge on any atom is 0.322 e. The Kier molecular flexibility index (Phi) is 8.80. The number of nitrogens with zero attached hydrogens (tertiary/aromatic N) is 2. The van der Waals surface area contributed by atoms with Crippen molar-refractivity contribution in [2.75, 3.05) is 25.0 Å². The second kappa shape index (κ2) is 12.4. The molecular weight excluding hydrogens is 491 g/mol. The minimum atomic E-state index is -0.563. The molecule has 4 rings (SSSR count). The zero-order chi connectivity index (χ0) is 26.2. The molecule has 2 N–H and O–H groups in total. The monoisotopic (exact) mass is 520 g/mol. The Balaban J connectivity index is 1.48. The lowest BCUT2D eigenvalue weighted by molar-refractivity contribution is -0.132. The molecule has 0 radical (unpaired) electrons. The van der Waals surface area contributed by atoms with Gasteiger partial charge in [0.1, 0.15) is 12.4 Å². The number of urea groups is 1. The first-order valence-corrected chi connectivity index (χ1v) is 12.7. The molecule has 3 aromatic carbocycles. The average Bonchev–Trinajstić information content (AvgIpc) is 3.32. The number of H-pyrrole nitrogens is 1. The molecule has 1 aromatic heterocycles. The van der Waals surface area contributed by atoms with Crippen molar-refractivity contribution < 1.29 is 14.0 Å². The van der Waals surface area contributed by atoms with Crippen LogP contribution in [0.1, 0.15) is 24.5 Å². The molecule has 8 heteroatoms. The molecular formula is C29H30ClFN4O2. The summed E-state index contributed by atoms with van der Waals surface area (Å²) in [5.74, 6) is -0.712. The molecule has 0 aliphatic rings. The van der Waals surface area contributed by atoms with Crippen molar-refractivity contribution in [2.24, 2.45) is 0 Å². The summed E-state index contributed by atoms with van der Waals surface area (Å²) < 4.78 is 13.5. The number of amides is 3. The van der Waals surface area contributed by atoms with E-state index in [1.807, 2.05) is 61.7 Å². The summed E-state index contributed by atoms with van der Waals surface area (Å²) in [7, 11) is 0. The number of para-hydroxylation sites is 1. The highest BCUT2D eigenvalue weighted by atomic mass is 35.5. The van der Waals surface area contributed by atoms with Gasteiger partial charge in [-0.25, -0.2) is 9.18 Å². The van der Waals surface area contributed by atoms with Crippen LogP contribution in [0.4, 0.5) is 14.9 Å². The van der Waals surface area contributed by atoms with E-state index in [0.29, 0.717) is 38.2 Å². The summed E-state index contributed by atoms with van der Waals surface area (Å²) in [6, 6.07) is 21.4. The van der Waals surface area contributed by atoms with Crippen LogP contribution >= 0.6 is 11.6 Å². The molecule has 3 amide bonds. The molecule has 0 atom stereocenters. The van der Waals surface area contributed by atoms with Crippen LogP contribution in [-0.4, -0.2) is 46.4 Å². The molecule has 0 spiro atoms. The predicted molar refractivity (Wildman–Crippen MR) is 146 cm³/mol. The Morgan fingerprint density at radius 3 is 2.49 bits per heavy atom. The number of aromatic nitrogens is 1. The highest BCUT2D eigenvalue weighted by molar-refractivity contribution is 6.31. The standard InChI is InChI=1S/C29H30ClFN4O2/c1-2-15-35(29(37)33-23-12-13-26(31)25(30)17-23)20-28(36)34(19-21-8-4-3-5-9-21)16-14-22-18-32-27-11-7-6-10-24(22)27/h3-13,17-18,32H,2,14-16,19-20H2,1H3,(H,33,37). The third kappa shape index (κ3) is 6.89. The average molecular weight is 521 g/mol. The fourth-order valence-electron chi connectivity index (χ4n) is 4.25. The first kappa shape index (κ1) is 26.2. The first-order valence-electron chi connectivity index (χ1n) is 12.3. The lowest BCUT2D eigenvalue weighted by Crippen LogP contribution is -2.45. The quantitative estimate of drug-likeness (QED) is 0.251. The first-order chi connectivity index (χ1) is 17.9. The van der Waals surface area contributed by atoms with Gasteiger partial charge in [0.15, 0.2) is 0 Å². The second-order valence-electron chi connectivity index (χ2n) is 8.89. The third-order valence-electron chi connectivity index (χ3n) is 6.17. The smallest absolute Gasteiger partial charge is 0.322 e. The minimum absolute atomic E-state index is 0.0741. The summed E-state index contributed by atoms with van der Waals surface area (Å²) >= 11 is 5.85. The highest BCUT2D eigenvalue weighted by Gasteiger charge is 2.22. The summed E-state index contributed by atoms with van der Waals surface area (Å²) in [6.07, 6.45) is 3.34. The van der Waals surface area contributed by atoms with Crippen LogP contribution in [-0.2, 0) is 17.8 Å². The summed E-state index contributed by atoms with van der Waals surface area (Å²) in [5, 5.41) is 3.78. The van der Waals surface area contributed by atoms with E-state index in [1.54, 1.807) is 4.90 Å². The van der Waals surface area contributed by atoms with Gasteiger partial charge >= 0.3 is 6.03 Å². The number of hydrogen-bond acceptors (Lipinski definition) is 2. The number of aromatic amines is 1. The minimum Gasteiger partial charge on any atom is -0.361 e. The summed E-state index contributed by atoms with van der Waals surface area (Å²) in [4.78, 5) is 33.1. The van der Waals surface area contributed by atoms with Crippen LogP contribution < -0.4 is 5.32 Å². The van der Waals surface area contributed by atoms with E-state index < -0.39 is 11.8 Å². The molecule has 0 bridgehead atoms. The van der Waals surface area contributed by atoms with Gasteiger partial charge in [0.05, 0.1) is 5.02 Å². The molecule has 4 aromatic rings. The molecule has 0 fully saturated rings. The fourth-order valence-corrected chi connectivity index (χ4v) is 4.43. The van der Waals surface area contributed by atoms with Gasteiger partial charge in [0.2, 0.25) is 5.91 Å². The maximum atomic E-state index is 13.5. The van der Waals surface area contributed by atoms with Crippen molar-refractivity contribution in [1.29, 1.82) is 0 Å². The van der Waals surface area contributed by atoms with Gasteiger partial charge < -0.3 is 20.1 Å². The second-order valence-corrected chi connectivity index (χ2v) is 9.30. The van der Waals surface area contributed by atoms with E-state index in [-0.39, 0.29) is 17.5 Å². The zero-order valence-electron chi connectivity index (χ0n) is 20.7. The van der Waals surface area contributed by atoms with Gasteiger partial charge in [-0.1, -0.05) is 67.1 Å². The van der Waals surface area contributed by atoms with Gasteiger partial charge in [-0.2, -0.15) is 0 Å². The largest absolute Gasteiger partial charge is 0.361 e. The Bertz CT molecular complexity index is 1360. The predicted octanol–water partition coefficient (Wildman–Crippen LogP) is 6.48. The van der Waals surface area contributed by atoms with Crippen molar-refractivity contribution >= 4 is 40.1 Å². The van der Waals surface area contributed by atoms with Crippen molar-refractivity contribution in [2.45, 2.75) is 26.3 Å². The molecule has 37 heavy (non-hydrogen) atoms. The third-order valence-corrected chi connectivity index (χ3v) is 6.46. The molecule has 0 unspecified atom stereocenters. The molecule has 0 aliphatic carbocycles. The van der Waals surface area contributed by atoms with Crippen LogP contribution in [0.3, 0.4) is 0 Å². The maximum absolute atomic E-state index is 13.5. The van der Waals surface area contributed by atoms with Crippen molar-refractivity contribution in [1.82, 2.24) is 14.8 Å². The van der Waals surface area contributed by atoms with Gasteiger partial charge in [-0.15, -0.1) is 0 Å². The SMILES string of the molecule is CCCN(CC(=O)N(CCc1c[nH]c2ccccc12)Cc1ccccc1)C(=O)Nc1ccc(F)c(Cl)c1. The van der Waals surface area contributed by atoms with Crippen LogP contribution in [0, 0.1) is 5.82 Å². The number of carbonyl (C=O) groups excluding carboxylic acids is 2. The van der Waals surface area contributed by atoms with Crippen molar-refractivity contribution in [3.05, 3.63) is 101 Å². The molecule has 0 saturated heterocycles. The van der Waals surface area contributed by atoms with E-state index in [0.717, 1.165) is 22.0 Å². The van der Waals surface area contributed by atoms with Gasteiger partial charge in [-0.05, 0) is 48.2 Å². The lowest BCUT2D eigenvalue weighted by atomic mass is 10.1. The molecule has 0 saturated carbocycles. The van der Waals surface area contributed by atoms with E-state index in [2.05, 4.69) is 16.4 Å². The van der Waals surface area contributed by atoms with Gasteiger partial charge in [-0.3, -0.25) is 4.79 Å². The highest BCUT2D eigenvalue weighted by Crippen LogP contribution is 2.21. The number of rotatable bonds is 10. The molecule has 6 nitrogen and oxygen atoms in total. The number of carbonyl (C=O) groups is 2. The summed E-state index contributed by atoms with van der Waals surface area (Å²) in [6.45, 7) is 3.21. The number of halogens is 2. The van der Waals surface area contributed by atoms with Crippen LogP contribution in [0.5, 0.6) is 0 Å². The Morgan fingerprint density at radius 1 is 0.973 bits per heavy atom. The van der Waals surface area contributed by atoms with E-state index >= 15 is 0 Å². The van der Waals surface area contributed by atoms with Gasteiger partial charge in [0.25, 0.3) is 0 Å². The van der Waals surface area contributed by atoms with Crippen LogP contribution in [0.25, 0.3) is 10.9 Å². The normalized spacial score (nSPS) is 10.9. The van der Waals surface area contributed by atoms with Crippen LogP contribution in [0.15, 0.2) is 79.0 Å². The number of hydrogen-bond donors (Lipinski definition) is 2. The number of nitrogens with one attached hydrogen (secondary N) is 2. The fraction of sp³-hybridized carbons (Fsp3) is 0.241. The Hall–Kier alpha value is -3.84. The summed E-state index contributed by atoms with van der Waals surface area (Å²) in [5.41, 5.74) is 3.58. The topological polar surface area (TPSA) is 68.4 Å². The molecule has 192 valence electrons. The van der Waals surface area contributed by atoms with E-state index in [4.69, 9.17) is 11.6 Å². The number of anilines is 1. The lowest BCUT2D eigenvalue weighted by Gasteiger charge is -2.28. The number of benzene rings is 3. The van der Waals surface area contributed by atoms with Crippen molar-refractivity contribution in [3.8, 4) is 0 Å². The van der Waals surface area contributed by atoms with E-state index in [9.17, 15) is 14.0 Å². The Labute approximate surface area is 221 Å². The molecule has 1 heterocycles. The molecule has 0 aliphatic heterocycles.